The van der Waals surface area contributed by atoms with Crippen molar-refractivity contribution < 1.29 is 14.4 Å². The summed E-state index contributed by atoms with van der Waals surface area (Å²) in [5.41, 5.74) is 6.01. The molecule has 4 N–H and O–H groups in total. The lowest BCUT2D eigenvalue weighted by molar-refractivity contribution is -0.120. The number of carbonyl (C=O) groups is 3. The first-order valence-corrected chi connectivity index (χ1v) is 9.70. The smallest absolute Gasteiger partial charge is 0.256 e. The highest BCUT2D eigenvalue weighted by atomic mass is 16.2. The van der Waals surface area contributed by atoms with Crippen molar-refractivity contribution in [3.05, 3.63) is 51.8 Å². The summed E-state index contributed by atoms with van der Waals surface area (Å²) >= 11 is 0. The molecule has 7 nitrogen and oxygen atoms in total. The van der Waals surface area contributed by atoms with E-state index in [9.17, 15) is 14.4 Å². The van der Waals surface area contributed by atoms with Crippen LogP contribution in [0.4, 0.5) is 5.69 Å². The Balaban J connectivity index is 1.82. The van der Waals surface area contributed by atoms with E-state index < -0.39 is 0 Å². The molecule has 0 spiro atoms. The number of anilines is 1. The number of aromatic nitrogens is 1. The van der Waals surface area contributed by atoms with Gasteiger partial charge >= 0.3 is 0 Å². The number of rotatable bonds is 6. The predicted molar refractivity (Wildman–Crippen MR) is 114 cm³/mol. The predicted octanol–water partition coefficient (Wildman–Crippen LogP) is 2.69. The zero-order chi connectivity index (χ0) is 21.1. The second-order valence-electron chi connectivity index (χ2n) is 7.18. The van der Waals surface area contributed by atoms with E-state index in [4.69, 9.17) is 0 Å². The molecule has 3 amide bonds. The molecule has 0 radical (unpaired) electrons. The van der Waals surface area contributed by atoms with E-state index in [0.29, 0.717) is 23.4 Å². The first-order chi connectivity index (χ1) is 13.8. The Morgan fingerprint density at radius 3 is 2.62 bits per heavy atom. The van der Waals surface area contributed by atoms with Gasteiger partial charge in [-0.05, 0) is 51.5 Å². The molecule has 7 heteroatoms. The fourth-order valence-corrected chi connectivity index (χ4v) is 3.51. The summed E-state index contributed by atoms with van der Waals surface area (Å²) in [6.45, 7) is 8.33. The summed E-state index contributed by atoms with van der Waals surface area (Å²) < 4.78 is 0. The van der Waals surface area contributed by atoms with Gasteiger partial charge in [0.1, 0.15) is 0 Å². The molecule has 0 unspecified atom stereocenters. The maximum absolute atomic E-state index is 12.6. The molecule has 3 rings (SSSR count). The minimum atomic E-state index is -0.239. The highest BCUT2D eigenvalue weighted by molar-refractivity contribution is 6.35. The standard InChI is InChI=1S/C22H26N4O3/c1-5-23-19(27)8-9-24-22(29)20-13(3)18(25-14(20)4)11-16-15-10-12(2)6-7-17(15)26-21(16)28/h6-7,10-11,25H,5,8-9H2,1-4H3,(H,23,27)(H,24,29)(H,26,28)/b16-11-. The second-order valence-corrected chi connectivity index (χ2v) is 7.18. The largest absolute Gasteiger partial charge is 0.358 e. The molecule has 0 bridgehead atoms. The van der Waals surface area contributed by atoms with Gasteiger partial charge in [0.15, 0.2) is 0 Å². The number of benzene rings is 1. The maximum atomic E-state index is 12.6. The first kappa shape index (κ1) is 20.4. The molecule has 2 heterocycles. The van der Waals surface area contributed by atoms with Crippen LogP contribution in [0.15, 0.2) is 18.2 Å². The molecular formula is C22H26N4O3. The summed E-state index contributed by atoms with van der Waals surface area (Å²) in [5, 5.41) is 8.36. The van der Waals surface area contributed by atoms with E-state index in [2.05, 4.69) is 20.9 Å². The van der Waals surface area contributed by atoms with Gasteiger partial charge in [0.25, 0.3) is 11.8 Å². The monoisotopic (exact) mass is 394 g/mol. The molecule has 0 saturated carbocycles. The molecule has 1 aliphatic heterocycles. The van der Waals surface area contributed by atoms with Crippen molar-refractivity contribution in [2.45, 2.75) is 34.1 Å². The van der Waals surface area contributed by atoms with Crippen molar-refractivity contribution in [2.75, 3.05) is 18.4 Å². The molecule has 29 heavy (non-hydrogen) atoms. The molecule has 152 valence electrons. The van der Waals surface area contributed by atoms with Crippen molar-refractivity contribution in [1.29, 1.82) is 0 Å². The quantitative estimate of drug-likeness (QED) is 0.566. The molecule has 0 fully saturated rings. The van der Waals surface area contributed by atoms with Gasteiger partial charge in [-0.25, -0.2) is 0 Å². The molecule has 0 atom stereocenters. The SMILES string of the molecule is CCNC(=O)CCNC(=O)c1c(C)[nH]c(/C=C2\C(=O)Nc3ccc(C)cc32)c1C. The van der Waals surface area contributed by atoms with E-state index in [1.54, 1.807) is 6.08 Å². The molecule has 1 aromatic carbocycles. The minimum absolute atomic E-state index is 0.0954. The van der Waals surface area contributed by atoms with Gasteiger partial charge in [-0.1, -0.05) is 11.6 Å². The highest BCUT2D eigenvalue weighted by Gasteiger charge is 2.25. The average molecular weight is 394 g/mol. The Kier molecular flexibility index (Phi) is 5.87. The number of hydrogen-bond donors (Lipinski definition) is 4. The number of carbonyl (C=O) groups excluding carboxylic acids is 3. The number of fused-ring (bicyclic) bond motifs is 1. The lowest BCUT2D eigenvalue weighted by Crippen LogP contribution is -2.31. The van der Waals surface area contributed by atoms with Crippen LogP contribution >= 0.6 is 0 Å². The van der Waals surface area contributed by atoms with Crippen LogP contribution in [-0.4, -0.2) is 35.8 Å². The molecule has 0 saturated heterocycles. The average Bonchev–Trinajstić information content (AvgIpc) is 3.11. The molecule has 0 aliphatic carbocycles. The van der Waals surface area contributed by atoms with Crippen molar-refractivity contribution in [1.82, 2.24) is 15.6 Å². The van der Waals surface area contributed by atoms with E-state index in [0.717, 1.165) is 28.1 Å². The Morgan fingerprint density at radius 1 is 1.14 bits per heavy atom. The Labute approximate surface area is 170 Å². The third-order valence-electron chi connectivity index (χ3n) is 4.96. The number of aryl methyl sites for hydroxylation is 2. The highest BCUT2D eigenvalue weighted by Crippen LogP contribution is 2.34. The molecule has 1 aliphatic rings. The topological polar surface area (TPSA) is 103 Å². The summed E-state index contributed by atoms with van der Waals surface area (Å²) in [7, 11) is 0. The Hall–Kier alpha value is -3.35. The van der Waals surface area contributed by atoms with Gasteiger partial charge in [-0.3, -0.25) is 14.4 Å². The maximum Gasteiger partial charge on any atom is 0.256 e. The zero-order valence-electron chi connectivity index (χ0n) is 17.2. The zero-order valence-corrected chi connectivity index (χ0v) is 17.2. The van der Waals surface area contributed by atoms with E-state index in [1.807, 2.05) is 45.9 Å². The first-order valence-electron chi connectivity index (χ1n) is 9.70. The molecule has 1 aromatic heterocycles. The van der Waals surface area contributed by atoms with Crippen LogP contribution in [0.2, 0.25) is 0 Å². The fourth-order valence-electron chi connectivity index (χ4n) is 3.51. The summed E-state index contributed by atoms with van der Waals surface area (Å²) in [6, 6.07) is 5.82. The van der Waals surface area contributed by atoms with Crippen LogP contribution in [0, 0.1) is 20.8 Å². The fraction of sp³-hybridized carbons (Fsp3) is 0.318. The summed E-state index contributed by atoms with van der Waals surface area (Å²) in [4.78, 5) is 39.8. The van der Waals surface area contributed by atoms with Crippen LogP contribution in [0.3, 0.4) is 0 Å². The Morgan fingerprint density at radius 2 is 1.90 bits per heavy atom. The lowest BCUT2D eigenvalue weighted by atomic mass is 10.0. The van der Waals surface area contributed by atoms with Gasteiger partial charge in [0.05, 0.1) is 11.1 Å². The van der Waals surface area contributed by atoms with Gasteiger partial charge in [-0.15, -0.1) is 0 Å². The van der Waals surface area contributed by atoms with Crippen LogP contribution in [0.25, 0.3) is 11.6 Å². The number of aromatic amines is 1. The minimum Gasteiger partial charge on any atom is -0.358 e. The molecule has 2 aromatic rings. The number of H-pyrrole nitrogens is 1. The van der Waals surface area contributed by atoms with Crippen LogP contribution in [0.5, 0.6) is 0 Å². The Bertz CT molecular complexity index is 1020. The van der Waals surface area contributed by atoms with E-state index in [1.165, 1.54) is 0 Å². The molecular weight excluding hydrogens is 368 g/mol. The van der Waals surface area contributed by atoms with E-state index in [-0.39, 0.29) is 30.7 Å². The van der Waals surface area contributed by atoms with Crippen LogP contribution in [0.1, 0.15) is 51.8 Å². The van der Waals surface area contributed by atoms with Gasteiger partial charge in [0.2, 0.25) is 5.91 Å². The second kappa shape index (κ2) is 8.34. The number of amides is 3. The number of nitrogens with one attached hydrogen (secondary N) is 4. The third kappa shape index (κ3) is 4.23. The van der Waals surface area contributed by atoms with Crippen molar-refractivity contribution in [3.63, 3.8) is 0 Å². The van der Waals surface area contributed by atoms with Gasteiger partial charge in [0, 0.05) is 42.1 Å². The van der Waals surface area contributed by atoms with Crippen LogP contribution < -0.4 is 16.0 Å². The van der Waals surface area contributed by atoms with E-state index >= 15 is 0 Å². The van der Waals surface area contributed by atoms with Crippen molar-refractivity contribution in [3.8, 4) is 0 Å². The lowest BCUT2D eigenvalue weighted by Gasteiger charge is -2.06. The van der Waals surface area contributed by atoms with Gasteiger partial charge in [-0.2, -0.15) is 0 Å². The van der Waals surface area contributed by atoms with Crippen LogP contribution in [-0.2, 0) is 9.59 Å². The number of hydrogen-bond acceptors (Lipinski definition) is 3. The normalized spacial score (nSPS) is 13.9. The third-order valence-corrected chi connectivity index (χ3v) is 4.96. The summed E-state index contributed by atoms with van der Waals surface area (Å²) in [6.07, 6.45) is 2.02. The van der Waals surface area contributed by atoms with Gasteiger partial charge < -0.3 is 20.9 Å². The van der Waals surface area contributed by atoms with Crippen molar-refractivity contribution in [2.24, 2.45) is 0 Å². The summed E-state index contributed by atoms with van der Waals surface area (Å²) in [5.74, 6) is -0.496. The van der Waals surface area contributed by atoms with Crippen molar-refractivity contribution >= 4 is 35.1 Å².